The normalized spacial score (nSPS) is 14.6. The lowest BCUT2D eigenvalue weighted by Crippen LogP contribution is -2.52. The smallest absolute Gasteiger partial charge is 0.325 e. The molecule has 1 atom stereocenters. The van der Waals surface area contributed by atoms with Crippen LogP contribution in [-0.2, 0) is 9.53 Å². The number of hydrogen-bond donors (Lipinski definition) is 1. The molecule has 4 heteroatoms. The summed E-state index contributed by atoms with van der Waals surface area (Å²) in [6.45, 7) is 10.5. The summed E-state index contributed by atoms with van der Waals surface area (Å²) in [7, 11) is 3.63. The van der Waals surface area contributed by atoms with Gasteiger partial charge in [0.25, 0.3) is 0 Å². The van der Waals surface area contributed by atoms with Crippen LogP contribution < -0.4 is 5.32 Å². The molecule has 0 aliphatic heterocycles. The topological polar surface area (TPSA) is 41.6 Å². The number of carbonyl (C=O) groups is 1. The van der Waals surface area contributed by atoms with Crippen LogP contribution in [0, 0.1) is 0 Å². The van der Waals surface area contributed by atoms with Crippen LogP contribution in [0.3, 0.4) is 0 Å². The highest BCUT2D eigenvalue weighted by Gasteiger charge is 2.33. The molecule has 0 rings (SSSR count). The molecule has 0 spiro atoms. The van der Waals surface area contributed by atoms with E-state index < -0.39 is 5.54 Å². The average Bonchev–Trinajstić information content (AvgIpc) is 2.39. The third-order valence-electron chi connectivity index (χ3n) is 3.60. The highest BCUT2D eigenvalue weighted by atomic mass is 16.5. The molecule has 1 N–H and O–H groups in total. The second-order valence-corrected chi connectivity index (χ2v) is 6.24. The minimum absolute atomic E-state index is 0.162. The van der Waals surface area contributed by atoms with Crippen LogP contribution in [-0.4, -0.2) is 49.7 Å². The Kier molecular flexibility index (Phi) is 9.86. The fraction of sp³-hybridized carbons (Fsp3) is 0.938. The zero-order valence-electron chi connectivity index (χ0n) is 14.3. The summed E-state index contributed by atoms with van der Waals surface area (Å²) in [4.78, 5) is 14.3. The lowest BCUT2D eigenvalue weighted by Gasteiger charge is -2.30. The van der Waals surface area contributed by atoms with Crippen molar-refractivity contribution >= 4 is 5.97 Å². The standard InChI is InChI=1S/C16H34N2O2/c1-7-8-12-18(5)13-10-9-11-16(4,15(19)20-6)17-14(2)3/h14,17H,7-13H2,1-6H3. The molecule has 0 bridgehead atoms. The second kappa shape index (κ2) is 10.2. The maximum Gasteiger partial charge on any atom is 0.325 e. The molecule has 0 aliphatic carbocycles. The van der Waals surface area contributed by atoms with Crippen molar-refractivity contribution in [3.8, 4) is 0 Å². The third kappa shape index (κ3) is 7.85. The first kappa shape index (κ1) is 19.4. The van der Waals surface area contributed by atoms with Crippen molar-refractivity contribution < 1.29 is 9.53 Å². The Bertz CT molecular complexity index is 269. The fourth-order valence-corrected chi connectivity index (χ4v) is 2.50. The zero-order chi connectivity index (χ0) is 15.6. The number of nitrogens with one attached hydrogen (secondary N) is 1. The molecule has 0 aromatic rings. The molecule has 1 unspecified atom stereocenters. The molecule has 20 heavy (non-hydrogen) atoms. The van der Waals surface area contributed by atoms with Gasteiger partial charge in [-0.2, -0.15) is 0 Å². The minimum Gasteiger partial charge on any atom is -0.468 e. The maximum absolute atomic E-state index is 11.9. The molecule has 0 saturated heterocycles. The lowest BCUT2D eigenvalue weighted by atomic mass is 9.93. The van der Waals surface area contributed by atoms with Crippen LogP contribution in [0.1, 0.15) is 59.8 Å². The Morgan fingerprint density at radius 2 is 1.85 bits per heavy atom. The number of esters is 1. The molecule has 0 aliphatic rings. The van der Waals surface area contributed by atoms with Crippen LogP contribution in [0.25, 0.3) is 0 Å². The van der Waals surface area contributed by atoms with Crippen molar-refractivity contribution in [3.05, 3.63) is 0 Å². The maximum atomic E-state index is 11.9. The van der Waals surface area contributed by atoms with Crippen LogP contribution in [0.5, 0.6) is 0 Å². The Morgan fingerprint density at radius 3 is 2.35 bits per heavy atom. The Hall–Kier alpha value is -0.610. The fourth-order valence-electron chi connectivity index (χ4n) is 2.50. The minimum atomic E-state index is -0.565. The van der Waals surface area contributed by atoms with Crippen LogP contribution in [0.4, 0.5) is 0 Å². The number of unbranched alkanes of at least 4 members (excludes halogenated alkanes) is 2. The number of nitrogens with zero attached hydrogens (tertiary/aromatic N) is 1. The molecule has 0 saturated carbocycles. The second-order valence-electron chi connectivity index (χ2n) is 6.24. The van der Waals surface area contributed by atoms with Crippen molar-refractivity contribution in [3.63, 3.8) is 0 Å². The molecule has 0 aromatic heterocycles. The Balaban J connectivity index is 4.11. The molecule has 4 nitrogen and oxygen atoms in total. The summed E-state index contributed by atoms with van der Waals surface area (Å²) in [5.74, 6) is -0.162. The van der Waals surface area contributed by atoms with Gasteiger partial charge >= 0.3 is 5.97 Å². The summed E-state index contributed by atoms with van der Waals surface area (Å²) in [5, 5.41) is 3.34. The van der Waals surface area contributed by atoms with Crippen LogP contribution in [0.2, 0.25) is 0 Å². The zero-order valence-corrected chi connectivity index (χ0v) is 14.3. The van der Waals surface area contributed by atoms with Gasteiger partial charge in [0.1, 0.15) is 5.54 Å². The van der Waals surface area contributed by atoms with Crippen molar-refractivity contribution in [1.82, 2.24) is 10.2 Å². The van der Waals surface area contributed by atoms with E-state index in [1.165, 1.54) is 20.0 Å². The van der Waals surface area contributed by atoms with Gasteiger partial charge in [-0.15, -0.1) is 0 Å². The van der Waals surface area contributed by atoms with Gasteiger partial charge in [0.05, 0.1) is 7.11 Å². The van der Waals surface area contributed by atoms with Gasteiger partial charge in [0, 0.05) is 6.04 Å². The van der Waals surface area contributed by atoms with E-state index in [4.69, 9.17) is 4.74 Å². The third-order valence-corrected chi connectivity index (χ3v) is 3.60. The molecule has 0 fully saturated rings. The number of methoxy groups -OCH3 is 1. The summed E-state index contributed by atoms with van der Waals surface area (Å²) >= 11 is 0. The number of carbonyl (C=O) groups excluding carboxylic acids is 1. The van der Waals surface area contributed by atoms with Gasteiger partial charge in [0.2, 0.25) is 0 Å². The van der Waals surface area contributed by atoms with E-state index in [0.29, 0.717) is 0 Å². The molecule has 0 radical (unpaired) electrons. The highest BCUT2D eigenvalue weighted by Crippen LogP contribution is 2.17. The quantitative estimate of drug-likeness (QED) is 0.468. The van der Waals surface area contributed by atoms with E-state index in [-0.39, 0.29) is 12.0 Å². The molecular weight excluding hydrogens is 252 g/mol. The SMILES string of the molecule is CCCCN(C)CCCCC(C)(NC(C)C)C(=O)OC. The summed E-state index contributed by atoms with van der Waals surface area (Å²) in [6.07, 6.45) is 5.46. The summed E-state index contributed by atoms with van der Waals surface area (Å²) in [6, 6.07) is 0.270. The van der Waals surface area contributed by atoms with Gasteiger partial charge in [-0.25, -0.2) is 0 Å². The highest BCUT2D eigenvalue weighted by molar-refractivity contribution is 5.80. The Morgan fingerprint density at radius 1 is 1.25 bits per heavy atom. The number of hydrogen-bond acceptors (Lipinski definition) is 4. The Labute approximate surface area is 125 Å². The first-order valence-electron chi connectivity index (χ1n) is 7.90. The molecular formula is C16H34N2O2. The van der Waals surface area contributed by atoms with Crippen molar-refractivity contribution in [1.29, 1.82) is 0 Å². The van der Waals surface area contributed by atoms with Gasteiger partial charge in [-0.05, 0) is 66.6 Å². The van der Waals surface area contributed by atoms with Gasteiger partial charge < -0.3 is 9.64 Å². The number of ether oxygens (including phenoxy) is 1. The van der Waals surface area contributed by atoms with E-state index in [2.05, 4.69) is 38.0 Å². The average molecular weight is 286 g/mol. The van der Waals surface area contributed by atoms with Gasteiger partial charge in [0.15, 0.2) is 0 Å². The van der Waals surface area contributed by atoms with Crippen LogP contribution >= 0.6 is 0 Å². The van der Waals surface area contributed by atoms with Crippen molar-refractivity contribution in [2.45, 2.75) is 71.4 Å². The summed E-state index contributed by atoms with van der Waals surface area (Å²) < 4.78 is 4.94. The predicted molar refractivity (Wildman–Crippen MR) is 84.9 cm³/mol. The first-order chi connectivity index (χ1) is 9.35. The van der Waals surface area contributed by atoms with Crippen molar-refractivity contribution in [2.24, 2.45) is 0 Å². The monoisotopic (exact) mass is 286 g/mol. The molecule has 0 amide bonds. The first-order valence-corrected chi connectivity index (χ1v) is 7.90. The summed E-state index contributed by atoms with van der Waals surface area (Å²) in [5.41, 5.74) is -0.565. The largest absolute Gasteiger partial charge is 0.468 e. The lowest BCUT2D eigenvalue weighted by molar-refractivity contribution is -0.148. The predicted octanol–water partition coefficient (Wildman–Crippen LogP) is 2.82. The van der Waals surface area contributed by atoms with Gasteiger partial charge in [-0.3, -0.25) is 10.1 Å². The van der Waals surface area contributed by atoms with E-state index in [0.717, 1.165) is 32.4 Å². The van der Waals surface area contributed by atoms with E-state index in [1.54, 1.807) is 0 Å². The molecule has 0 heterocycles. The van der Waals surface area contributed by atoms with E-state index in [9.17, 15) is 4.79 Å². The van der Waals surface area contributed by atoms with Crippen LogP contribution in [0.15, 0.2) is 0 Å². The van der Waals surface area contributed by atoms with Crippen molar-refractivity contribution in [2.75, 3.05) is 27.2 Å². The molecule has 120 valence electrons. The van der Waals surface area contributed by atoms with E-state index in [1.807, 2.05) is 6.92 Å². The number of rotatable bonds is 11. The molecule has 0 aromatic carbocycles. The van der Waals surface area contributed by atoms with E-state index >= 15 is 0 Å². The van der Waals surface area contributed by atoms with Gasteiger partial charge in [-0.1, -0.05) is 13.3 Å².